The summed E-state index contributed by atoms with van der Waals surface area (Å²) in [4.78, 5) is 35.3. The number of allylic oxidation sites excluding steroid dienone is 2. The lowest BCUT2D eigenvalue weighted by molar-refractivity contribution is -0.151. The van der Waals surface area contributed by atoms with E-state index in [-0.39, 0.29) is 48.1 Å². The fourth-order valence-corrected chi connectivity index (χ4v) is 5.28. The van der Waals surface area contributed by atoms with Gasteiger partial charge in [0.25, 0.3) is 0 Å². The van der Waals surface area contributed by atoms with E-state index in [1.807, 2.05) is 13.0 Å². The summed E-state index contributed by atoms with van der Waals surface area (Å²) in [6.07, 6.45) is 5.91. The summed E-state index contributed by atoms with van der Waals surface area (Å²) in [6, 6.07) is 0. The number of hydrogen-bond donors (Lipinski definition) is 1. The summed E-state index contributed by atoms with van der Waals surface area (Å²) in [5.74, 6) is 0.473. The van der Waals surface area contributed by atoms with E-state index in [0.29, 0.717) is 18.3 Å². The van der Waals surface area contributed by atoms with E-state index in [2.05, 4.69) is 27.7 Å². The second-order valence-corrected chi connectivity index (χ2v) is 10.7. The fraction of sp³-hybridized carbons (Fsp3) is 0.800. The molecule has 1 fully saturated rings. The molecule has 6 nitrogen and oxygen atoms in total. The Hall–Kier alpha value is -1.69. The highest BCUT2D eigenvalue weighted by Crippen LogP contribution is 2.57. The average molecular weight is 437 g/mol. The number of carbonyl (C=O) groups excluding carboxylic acids is 3. The van der Waals surface area contributed by atoms with Crippen molar-refractivity contribution in [3.63, 3.8) is 0 Å². The second-order valence-electron chi connectivity index (χ2n) is 10.7. The lowest BCUT2D eigenvalue weighted by Crippen LogP contribution is -2.44. The standard InChI is InChI=1S/C25H40O6/c1-16(11-23(29)31-15-20(28)14-30-18(3)26)9-10-25(6)17(2)7-8-21-22(25)12-19(27)13-24(21,4)5/h12,16-17,20-21,28H,7-11,13-15H2,1-6H3/t16-,17-,20-,21-,25-/m1/s1. The number of ether oxygens (including phenoxy) is 2. The molecule has 0 heterocycles. The van der Waals surface area contributed by atoms with Crippen LogP contribution in [0.3, 0.4) is 0 Å². The van der Waals surface area contributed by atoms with Crippen LogP contribution in [0.2, 0.25) is 0 Å². The molecule has 2 aliphatic carbocycles. The molecule has 5 atom stereocenters. The van der Waals surface area contributed by atoms with Crippen LogP contribution >= 0.6 is 0 Å². The molecule has 0 unspecified atom stereocenters. The Morgan fingerprint density at radius 1 is 1.19 bits per heavy atom. The highest BCUT2D eigenvalue weighted by atomic mass is 16.6. The van der Waals surface area contributed by atoms with Gasteiger partial charge in [-0.05, 0) is 60.3 Å². The van der Waals surface area contributed by atoms with E-state index >= 15 is 0 Å². The van der Waals surface area contributed by atoms with Crippen LogP contribution in [-0.2, 0) is 23.9 Å². The molecule has 0 aromatic rings. The predicted octanol–water partition coefficient (Wildman–Crippen LogP) is 4.24. The van der Waals surface area contributed by atoms with E-state index in [0.717, 1.165) is 25.7 Å². The molecule has 2 aliphatic rings. The normalized spacial score (nSPS) is 29.4. The highest BCUT2D eigenvalue weighted by Gasteiger charge is 2.49. The van der Waals surface area contributed by atoms with Crippen molar-refractivity contribution in [2.24, 2.45) is 28.6 Å². The maximum absolute atomic E-state index is 12.4. The zero-order valence-electron chi connectivity index (χ0n) is 20.0. The van der Waals surface area contributed by atoms with Gasteiger partial charge in [0, 0.05) is 19.8 Å². The van der Waals surface area contributed by atoms with Gasteiger partial charge in [-0.1, -0.05) is 40.2 Å². The van der Waals surface area contributed by atoms with Crippen molar-refractivity contribution < 1.29 is 29.0 Å². The number of rotatable bonds is 9. The summed E-state index contributed by atoms with van der Waals surface area (Å²) in [6.45, 7) is 11.9. The molecule has 1 saturated carbocycles. The molecule has 1 N–H and O–H groups in total. The van der Waals surface area contributed by atoms with E-state index in [4.69, 9.17) is 9.47 Å². The van der Waals surface area contributed by atoms with Gasteiger partial charge in [-0.2, -0.15) is 0 Å². The molecule has 0 spiro atoms. The van der Waals surface area contributed by atoms with Gasteiger partial charge >= 0.3 is 11.9 Å². The van der Waals surface area contributed by atoms with Gasteiger partial charge in [-0.15, -0.1) is 0 Å². The Morgan fingerprint density at radius 3 is 2.48 bits per heavy atom. The van der Waals surface area contributed by atoms with Gasteiger partial charge in [0.05, 0.1) is 0 Å². The van der Waals surface area contributed by atoms with Gasteiger partial charge in [-0.25, -0.2) is 0 Å². The Morgan fingerprint density at radius 2 is 1.84 bits per heavy atom. The molecule has 0 aliphatic heterocycles. The quantitative estimate of drug-likeness (QED) is 0.544. The van der Waals surface area contributed by atoms with Crippen LogP contribution < -0.4 is 0 Å². The maximum Gasteiger partial charge on any atom is 0.306 e. The van der Waals surface area contributed by atoms with Crippen molar-refractivity contribution in [2.45, 2.75) is 86.2 Å². The van der Waals surface area contributed by atoms with Crippen LogP contribution in [0.4, 0.5) is 0 Å². The van der Waals surface area contributed by atoms with Crippen LogP contribution in [0, 0.1) is 28.6 Å². The molecule has 0 radical (unpaired) electrons. The third-order valence-corrected chi connectivity index (χ3v) is 7.49. The van der Waals surface area contributed by atoms with Gasteiger partial charge in [0.15, 0.2) is 5.78 Å². The lowest BCUT2D eigenvalue weighted by Gasteiger charge is -2.52. The van der Waals surface area contributed by atoms with Gasteiger partial charge in [0.2, 0.25) is 0 Å². The van der Waals surface area contributed by atoms with Crippen LogP contribution in [0.5, 0.6) is 0 Å². The van der Waals surface area contributed by atoms with Crippen molar-refractivity contribution >= 4 is 17.7 Å². The first-order valence-electron chi connectivity index (χ1n) is 11.6. The maximum atomic E-state index is 12.4. The minimum Gasteiger partial charge on any atom is -0.463 e. The third-order valence-electron chi connectivity index (χ3n) is 7.49. The monoisotopic (exact) mass is 436 g/mol. The first-order chi connectivity index (χ1) is 14.3. The SMILES string of the molecule is CC(=O)OC[C@@H](O)COC(=O)C[C@H](C)CC[C@@]1(C)C2=CC(=O)CC(C)(C)[C@@H]2CC[C@H]1C. The van der Waals surface area contributed by atoms with E-state index in [9.17, 15) is 19.5 Å². The Bertz CT molecular complexity index is 709. The van der Waals surface area contributed by atoms with E-state index in [1.54, 1.807) is 0 Å². The molecule has 0 bridgehead atoms. The van der Waals surface area contributed by atoms with Crippen molar-refractivity contribution in [1.82, 2.24) is 0 Å². The Labute approximate surface area is 186 Å². The molecule has 176 valence electrons. The smallest absolute Gasteiger partial charge is 0.306 e. The summed E-state index contributed by atoms with van der Waals surface area (Å²) in [7, 11) is 0. The second kappa shape index (κ2) is 10.3. The molecule has 6 heteroatoms. The number of esters is 2. The number of hydrogen-bond acceptors (Lipinski definition) is 6. The zero-order valence-corrected chi connectivity index (χ0v) is 20.0. The average Bonchev–Trinajstić information content (AvgIpc) is 2.65. The van der Waals surface area contributed by atoms with Gasteiger partial charge in [-0.3, -0.25) is 14.4 Å². The third kappa shape index (κ3) is 6.64. The Kier molecular flexibility index (Phi) is 8.48. The number of carbonyl (C=O) groups is 3. The van der Waals surface area contributed by atoms with Crippen molar-refractivity contribution in [1.29, 1.82) is 0 Å². The molecule has 31 heavy (non-hydrogen) atoms. The van der Waals surface area contributed by atoms with E-state index < -0.39 is 12.1 Å². The van der Waals surface area contributed by atoms with Crippen LogP contribution in [-0.4, -0.2) is 42.1 Å². The van der Waals surface area contributed by atoms with Gasteiger partial charge in [0.1, 0.15) is 19.3 Å². The van der Waals surface area contributed by atoms with Crippen molar-refractivity contribution in [2.75, 3.05) is 13.2 Å². The number of aliphatic hydroxyl groups is 1. The summed E-state index contributed by atoms with van der Waals surface area (Å²) < 4.78 is 9.84. The summed E-state index contributed by atoms with van der Waals surface area (Å²) in [5.41, 5.74) is 1.29. The first-order valence-corrected chi connectivity index (χ1v) is 11.6. The minimum absolute atomic E-state index is 0.00489. The Balaban J connectivity index is 1.91. The van der Waals surface area contributed by atoms with Gasteiger partial charge < -0.3 is 14.6 Å². The lowest BCUT2D eigenvalue weighted by atomic mass is 9.52. The molecule has 0 amide bonds. The molecule has 0 aromatic heterocycles. The van der Waals surface area contributed by atoms with Crippen LogP contribution in [0.25, 0.3) is 0 Å². The first kappa shape index (κ1) is 25.6. The van der Waals surface area contributed by atoms with E-state index in [1.165, 1.54) is 12.5 Å². The molecule has 0 aromatic carbocycles. The highest BCUT2D eigenvalue weighted by molar-refractivity contribution is 5.92. The number of fused-ring (bicyclic) bond motifs is 1. The summed E-state index contributed by atoms with van der Waals surface area (Å²) in [5, 5.41) is 9.70. The van der Waals surface area contributed by atoms with Crippen molar-refractivity contribution in [3.05, 3.63) is 11.6 Å². The fourth-order valence-electron chi connectivity index (χ4n) is 5.28. The molecule has 0 saturated heterocycles. The predicted molar refractivity (Wildman–Crippen MR) is 118 cm³/mol. The zero-order chi connectivity index (χ0) is 23.4. The number of ketones is 1. The summed E-state index contributed by atoms with van der Waals surface area (Å²) >= 11 is 0. The molecular weight excluding hydrogens is 396 g/mol. The topological polar surface area (TPSA) is 89.9 Å². The minimum atomic E-state index is -1.01. The molecule has 2 rings (SSSR count). The van der Waals surface area contributed by atoms with Crippen LogP contribution in [0.1, 0.15) is 80.1 Å². The number of aliphatic hydroxyl groups excluding tert-OH is 1. The largest absolute Gasteiger partial charge is 0.463 e. The molecular formula is C25H40O6. The van der Waals surface area contributed by atoms with Crippen LogP contribution in [0.15, 0.2) is 11.6 Å². The van der Waals surface area contributed by atoms with Crippen molar-refractivity contribution in [3.8, 4) is 0 Å².